The number of nitro benzene ring substituents is 1. The molecule has 4 aromatic rings. The van der Waals surface area contributed by atoms with Crippen LogP contribution in [0.4, 0.5) is 11.4 Å². The van der Waals surface area contributed by atoms with Crippen LogP contribution >= 0.6 is 0 Å². The summed E-state index contributed by atoms with van der Waals surface area (Å²) in [6.07, 6.45) is 0. The zero-order valence-electron chi connectivity index (χ0n) is 18.7. The van der Waals surface area contributed by atoms with Crippen molar-refractivity contribution in [3.8, 4) is 22.6 Å². The van der Waals surface area contributed by atoms with Gasteiger partial charge in [0.2, 0.25) is 0 Å². The minimum absolute atomic E-state index is 0.0475. The third kappa shape index (κ3) is 4.25. The zero-order chi connectivity index (χ0) is 24.6. The predicted octanol–water partition coefficient (Wildman–Crippen LogP) is 5.26. The largest absolute Gasteiger partial charge is 0.508 e. The van der Waals surface area contributed by atoms with E-state index in [0.29, 0.717) is 22.1 Å². The van der Waals surface area contributed by atoms with Crippen molar-refractivity contribution >= 4 is 32.3 Å². The summed E-state index contributed by atoms with van der Waals surface area (Å²) >= 11 is 0. The van der Waals surface area contributed by atoms with E-state index in [1.165, 1.54) is 24.3 Å². The summed E-state index contributed by atoms with van der Waals surface area (Å²) in [5.41, 5.74) is 1.90. The number of anilines is 1. The molecule has 4 rings (SSSR count). The molecule has 0 aliphatic carbocycles. The van der Waals surface area contributed by atoms with Crippen LogP contribution in [0.15, 0.2) is 77.7 Å². The fourth-order valence-corrected chi connectivity index (χ4v) is 5.07. The van der Waals surface area contributed by atoms with Gasteiger partial charge in [0.15, 0.2) is 0 Å². The Kier molecular flexibility index (Phi) is 5.89. The molecule has 34 heavy (non-hydrogen) atoms. The van der Waals surface area contributed by atoms with Crippen LogP contribution in [-0.4, -0.2) is 32.5 Å². The van der Waals surface area contributed by atoms with E-state index in [0.717, 1.165) is 17.1 Å². The predicted molar refractivity (Wildman–Crippen MR) is 131 cm³/mol. The Bertz CT molecular complexity index is 1530. The first-order chi connectivity index (χ1) is 16.1. The normalized spacial score (nSPS) is 11.4. The Morgan fingerprint density at radius 1 is 0.941 bits per heavy atom. The molecule has 0 unspecified atom stereocenters. The maximum atomic E-state index is 13.2. The van der Waals surface area contributed by atoms with Crippen molar-refractivity contribution in [3.63, 3.8) is 0 Å². The Balaban J connectivity index is 1.73. The van der Waals surface area contributed by atoms with E-state index in [1.807, 2.05) is 31.1 Å². The minimum Gasteiger partial charge on any atom is -0.508 e. The number of aromatic hydroxyl groups is 1. The number of hydrogen-bond acceptors (Lipinski definition) is 7. The second-order valence-corrected chi connectivity index (χ2v) is 9.51. The van der Waals surface area contributed by atoms with Gasteiger partial charge in [-0.2, -0.15) is 8.42 Å². The third-order valence-corrected chi connectivity index (χ3v) is 6.77. The van der Waals surface area contributed by atoms with Crippen molar-refractivity contribution in [1.29, 1.82) is 0 Å². The molecular weight excluding hydrogens is 456 g/mol. The summed E-state index contributed by atoms with van der Waals surface area (Å²) < 4.78 is 32.0. The molecule has 0 atom stereocenters. The van der Waals surface area contributed by atoms with E-state index in [1.54, 1.807) is 37.3 Å². The van der Waals surface area contributed by atoms with Crippen LogP contribution < -0.4 is 9.08 Å². The molecule has 0 saturated heterocycles. The lowest BCUT2D eigenvalue weighted by Gasteiger charge is -2.17. The van der Waals surface area contributed by atoms with E-state index in [4.69, 9.17) is 4.18 Å². The highest BCUT2D eigenvalue weighted by Gasteiger charge is 2.23. The molecule has 1 N–H and O–H groups in total. The highest BCUT2D eigenvalue weighted by Crippen LogP contribution is 2.36. The Hall–Kier alpha value is -4.11. The molecule has 0 amide bonds. The lowest BCUT2D eigenvalue weighted by molar-refractivity contribution is -0.384. The Labute approximate surface area is 196 Å². The van der Waals surface area contributed by atoms with Crippen molar-refractivity contribution < 1.29 is 22.6 Å². The van der Waals surface area contributed by atoms with Gasteiger partial charge in [0.1, 0.15) is 16.4 Å². The molecule has 9 heteroatoms. The van der Waals surface area contributed by atoms with Gasteiger partial charge in [-0.1, -0.05) is 30.3 Å². The highest BCUT2D eigenvalue weighted by molar-refractivity contribution is 7.87. The van der Waals surface area contributed by atoms with Crippen LogP contribution in [0.3, 0.4) is 0 Å². The van der Waals surface area contributed by atoms with E-state index >= 15 is 0 Å². The fraction of sp³-hybridized carbons (Fsp3) is 0.120. The smallest absolute Gasteiger partial charge is 0.339 e. The van der Waals surface area contributed by atoms with Crippen molar-refractivity contribution in [2.24, 2.45) is 0 Å². The maximum Gasteiger partial charge on any atom is 0.339 e. The molecule has 0 aliphatic heterocycles. The van der Waals surface area contributed by atoms with Crippen LogP contribution in [0, 0.1) is 17.0 Å². The molecule has 0 bridgehead atoms. The van der Waals surface area contributed by atoms with Gasteiger partial charge in [-0.15, -0.1) is 0 Å². The van der Waals surface area contributed by atoms with Crippen LogP contribution in [-0.2, 0) is 10.1 Å². The first-order valence-electron chi connectivity index (χ1n) is 10.3. The molecule has 8 nitrogen and oxygen atoms in total. The van der Waals surface area contributed by atoms with Crippen LogP contribution in [0.2, 0.25) is 0 Å². The third-order valence-electron chi connectivity index (χ3n) is 5.47. The number of nitro groups is 1. The van der Waals surface area contributed by atoms with Gasteiger partial charge in [-0.3, -0.25) is 10.1 Å². The summed E-state index contributed by atoms with van der Waals surface area (Å²) in [5, 5.41) is 22.3. The topological polar surface area (TPSA) is 110 Å². The van der Waals surface area contributed by atoms with Gasteiger partial charge in [0, 0.05) is 30.6 Å². The summed E-state index contributed by atoms with van der Waals surface area (Å²) in [6.45, 7) is 1.66. The standard InChI is InChI=1S/C25H22N2O6S/c1-16-14-17(19-12-11-18(28)15-23(19)27(29)30)10-13-24(16)33-34(31,32)25-9-5-6-20-21(25)7-4-8-22(20)26(2)3/h4-15,28H,1-3H3. The second kappa shape index (κ2) is 8.68. The van der Waals surface area contributed by atoms with Crippen molar-refractivity contribution in [2.45, 2.75) is 11.8 Å². The van der Waals surface area contributed by atoms with Crippen LogP contribution in [0.5, 0.6) is 11.5 Å². The van der Waals surface area contributed by atoms with E-state index in [-0.39, 0.29) is 22.1 Å². The van der Waals surface area contributed by atoms with E-state index in [2.05, 4.69) is 0 Å². The van der Waals surface area contributed by atoms with Gasteiger partial charge in [-0.05, 0) is 54.4 Å². The fourth-order valence-electron chi connectivity index (χ4n) is 3.86. The maximum absolute atomic E-state index is 13.2. The number of nitrogens with zero attached hydrogens (tertiary/aromatic N) is 2. The zero-order valence-corrected chi connectivity index (χ0v) is 19.5. The molecule has 0 spiro atoms. The molecular formula is C25H22N2O6S. The summed E-state index contributed by atoms with van der Waals surface area (Å²) in [5.74, 6) is -0.100. The van der Waals surface area contributed by atoms with E-state index < -0.39 is 15.0 Å². The summed E-state index contributed by atoms with van der Waals surface area (Å²) in [4.78, 5) is 12.8. The van der Waals surface area contributed by atoms with E-state index in [9.17, 15) is 23.6 Å². The number of fused-ring (bicyclic) bond motifs is 1. The van der Waals surface area contributed by atoms with Gasteiger partial charge in [-0.25, -0.2) is 0 Å². The molecule has 0 fully saturated rings. The molecule has 4 aromatic carbocycles. The summed E-state index contributed by atoms with van der Waals surface area (Å²) in [7, 11) is -0.400. The highest BCUT2D eigenvalue weighted by atomic mass is 32.2. The molecule has 174 valence electrons. The van der Waals surface area contributed by atoms with Gasteiger partial charge < -0.3 is 14.2 Å². The molecule has 0 aliphatic rings. The Morgan fingerprint density at radius 2 is 1.65 bits per heavy atom. The number of benzene rings is 4. The average Bonchev–Trinajstić information content (AvgIpc) is 2.79. The Morgan fingerprint density at radius 3 is 2.32 bits per heavy atom. The molecule has 0 radical (unpaired) electrons. The first-order valence-corrected chi connectivity index (χ1v) is 11.7. The molecule has 0 saturated carbocycles. The summed E-state index contributed by atoms with van der Waals surface area (Å²) in [6, 6.07) is 19.0. The first kappa shape index (κ1) is 23.1. The number of hydrogen-bond donors (Lipinski definition) is 1. The number of phenolic OH excluding ortho intramolecular Hbond substituents is 1. The number of rotatable bonds is 6. The monoisotopic (exact) mass is 478 g/mol. The number of aryl methyl sites for hydroxylation is 1. The van der Waals surface area contributed by atoms with Crippen molar-refractivity contribution in [2.75, 3.05) is 19.0 Å². The lowest BCUT2D eigenvalue weighted by Crippen LogP contribution is -2.12. The van der Waals surface area contributed by atoms with Crippen molar-refractivity contribution in [3.05, 3.63) is 88.5 Å². The van der Waals surface area contributed by atoms with Gasteiger partial charge >= 0.3 is 10.1 Å². The van der Waals surface area contributed by atoms with Crippen molar-refractivity contribution in [1.82, 2.24) is 0 Å². The SMILES string of the molecule is Cc1cc(-c2ccc(O)cc2[N+](=O)[O-])ccc1OS(=O)(=O)c1cccc2c(N(C)C)cccc12. The van der Waals surface area contributed by atoms with Gasteiger partial charge in [0.25, 0.3) is 5.69 Å². The van der Waals surface area contributed by atoms with Gasteiger partial charge in [0.05, 0.1) is 16.6 Å². The molecule has 0 heterocycles. The van der Waals surface area contributed by atoms with Crippen LogP contribution in [0.1, 0.15) is 5.56 Å². The second-order valence-electron chi connectivity index (χ2n) is 8.00. The van der Waals surface area contributed by atoms with Crippen LogP contribution in [0.25, 0.3) is 21.9 Å². The quantitative estimate of drug-likeness (QED) is 0.229. The molecule has 0 aromatic heterocycles. The average molecular weight is 479 g/mol. The lowest BCUT2D eigenvalue weighted by atomic mass is 10.0. The number of phenols is 1. The minimum atomic E-state index is -4.17.